The number of nitrogens with zero attached hydrogens (tertiary/aromatic N) is 1. The van der Waals surface area contributed by atoms with Gasteiger partial charge in [0, 0.05) is 31.9 Å². The highest BCUT2D eigenvalue weighted by molar-refractivity contribution is 5.54. The lowest BCUT2D eigenvalue weighted by Gasteiger charge is -2.32. The van der Waals surface area contributed by atoms with Crippen molar-refractivity contribution in [2.45, 2.75) is 32.9 Å². The van der Waals surface area contributed by atoms with E-state index in [1.165, 1.54) is 11.3 Å². The van der Waals surface area contributed by atoms with Crippen LogP contribution in [0.15, 0.2) is 24.3 Å². The van der Waals surface area contributed by atoms with Gasteiger partial charge in [0.25, 0.3) is 0 Å². The zero-order valence-corrected chi connectivity index (χ0v) is 11.1. The van der Waals surface area contributed by atoms with Gasteiger partial charge in [-0.2, -0.15) is 0 Å². The second-order valence-corrected chi connectivity index (χ2v) is 4.28. The Balaban J connectivity index is 2.94. The fraction of sp³-hybridized carbons (Fsp3) is 0.571. The van der Waals surface area contributed by atoms with Gasteiger partial charge in [0.2, 0.25) is 0 Å². The van der Waals surface area contributed by atoms with Gasteiger partial charge in [0.05, 0.1) is 6.61 Å². The van der Waals surface area contributed by atoms with Crippen molar-refractivity contribution < 1.29 is 4.74 Å². The van der Waals surface area contributed by atoms with Gasteiger partial charge < -0.3 is 15.4 Å². The van der Waals surface area contributed by atoms with Crippen LogP contribution in [0.4, 0.5) is 5.69 Å². The van der Waals surface area contributed by atoms with Crippen molar-refractivity contribution in [3.8, 4) is 0 Å². The molecule has 3 nitrogen and oxygen atoms in total. The minimum Gasteiger partial charge on any atom is -0.383 e. The van der Waals surface area contributed by atoms with Gasteiger partial charge in [0.15, 0.2) is 0 Å². The summed E-state index contributed by atoms with van der Waals surface area (Å²) in [6.45, 7) is 6.67. The van der Waals surface area contributed by atoms with Crippen LogP contribution >= 0.6 is 0 Å². The molecule has 0 amide bonds. The van der Waals surface area contributed by atoms with Crippen molar-refractivity contribution in [1.82, 2.24) is 0 Å². The fourth-order valence-electron chi connectivity index (χ4n) is 1.95. The number of anilines is 1. The van der Waals surface area contributed by atoms with E-state index in [9.17, 15) is 0 Å². The zero-order chi connectivity index (χ0) is 12.7. The Morgan fingerprint density at radius 3 is 2.65 bits per heavy atom. The lowest BCUT2D eigenvalue weighted by molar-refractivity contribution is 0.203. The number of benzene rings is 1. The molecule has 1 unspecified atom stereocenters. The quantitative estimate of drug-likeness (QED) is 0.790. The Bertz CT molecular complexity index is 328. The van der Waals surface area contributed by atoms with Crippen molar-refractivity contribution in [2.24, 2.45) is 5.73 Å². The first-order valence-corrected chi connectivity index (χ1v) is 6.28. The van der Waals surface area contributed by atoms with Crippen molar-refractivity contribution >= 4 is 5.69 Å². The molecular formula is C14H24N2O. The van der Waals surface area contributed by atoms with Crippen molar-refractivity contribution in [1.29, 1.82) is 0 Å². The summed E-state index contributed by atoms with van der Waals surface area (Å²) in [7, 11) is 1.74. The van der Waals surface area contributed by atoms with Crippen LogP contribution in [-0.4, -0.2) is 26.3 Å². The van der Waals surface area contributed by atoms with E-state index < -0.39 is 0 Å². The molecule has 0 saturated heterocycles. The Morgan fingerprint density at radius 2 is 2.06 bits per heavy atom. The van der Waals surface area contributed by atoms with Crippen LogP contribution in [0, 0.1) is 0 Å². The molecule has 1 atom stereocenters. The van der Waals surface area contributed by atoms with Gasteiger partial charge in [-0.05, 0) is 25.0 Å². The van der Waals surface area contributed by atoms with Crippen LogP contribution in [0.25, 0.3) is 0 Å². The maximum atomic E-state index is 5.80. The van der Waals surface area contributed by atoms with E-state index in [2.05, 4.69) is 36.9 Å². The molecule has 0 aliphatic heterocycles. The average molecular weight is 236 g/mol. The molecule has 0 aliphatic rings. The van der Waals surface area contributed by atoms with Crippen LogP contribution < -0.4 is 10.6 Å². The third-order valence-corrected chi connectivity index (χ3v) is 3.18. The van der Waals surface area contributed by atoms with Gasteiger partial charge in [-0.25, -0.2) is 0 Å². The summed E-state index contributed by atoms with van der Waals surface area (Å²) >= 11 is 0. The van der Waals surface area contributed by atoms with Gasteiger partial charge in [-0.1, -0.05) is 25.1 Å². The second-order valence-electron chi connectivity index (χ2n) is 4.28. The number of ether oxygens (including phenoxy) is 1. The van der Waals surface area contributed by atoms with E-state index in [0.29, 0.717) is 12.6 Å². The molecule has 0 aliphatic carbocycles. The largest absolute Gasteiger partial charge is 0.383 e. The summed E-state index contributed by atoms with van der Waals surface area (Å²) in [5.74, 6) is 0. The van der Waals surface area contributed by atoms with Crippen LogP contribution in [0.2, 0.25) is 0 Å². The highest BCUT2D eigenvalue weighted by Gasteiger charge is 2.14. The first-order valence-electron chi connectivity index (χ1n) is 6.28. The summed E-state index contributed by atoms with van der Waals surface area (Å²) in [6, 6.07) is 8.84. The van der Waals surface area contributed by atoms with Crippen molar-refractivity contribution in [3.05, 3.63) is 29.8 Å². The van der Waals surface area contributed by atoms with Gasteiger partial charge in [-0.15, -0.1) is 0 Å². The Hall–Kier alpha value is -1.06. The molecule has 0 aromatic heterocycles. The van der Waals surface area contributed by atoms with Crippen LogP contribution in [-0.2, 0) is 11.3 Å². The minimum absolute atomic E-state index is 0.498. The summed E-state index contributed by atoms with van der Waals surface area (Å²) in [4.78, 5) is 2.38. The molecule has 0 heterocycles. The molecule has 0 spiro atoms. The summed E-state index contributed by atoms with van der Waals surface area (Å²) < 4.78 is 5.19. The number of nitrogens with two attached hydrogens (primary N) is 1. The maximum absolute atomic E-state index is 5.80. The van der Waals surface area contributed by atoms with Crippen LogP contribution in [0.1, 0.15) is 25.8 Å². The second kappa shape index (κ2) is 7.30. The van der Waals surface area contributed by atoms with Gasteiger partial charge in [-0.3, -0.25) is 0 Å². The normalized spacial score (nSPS) is 12.5. The zero-order valence-electron chi connectivity index (χ0n) is 11.1. The number of para-hydroxylation sites is 1. The van der Waals surface area contributed by atoms with E-state index >= 15 is 0 Å². The molecule has 2 N–H and O–H groups in total. The van der Waals surface area contributed by atoms with Crippen molar-refractivity contribution in [2.75, 3.05) is 25.2 Å². The highest BCUT2D eigenvalue weighted by atomic mass is 16.5. The maximum Gasteiger partial charge on any atom is 0.0637 e. The SMILES string of the molecule is CCC(C)N(CCOC)c1ccccc1CN. The Morgan fingerprint density at radius 1 is 1.35 bits per heavy atom. The number of methoxy groups -OCH3 is 1. The van der Waals surface area contributed by atoms with E-state index in [-0.39, 0.29) is 0 Å². The summed E-state index contributed by atoms with van der Waals surface area (Å²) in [6.07, 6.45) is 1.11. The molecule has 0 fully saturated rings. The molecular weight excluding hydrogens is 212 g/mol. The number of hydrogen-bond donors (Lipinski definition) is 1. The van der Waals surface area contributed by atoms with Crippen LogP contribution in [0.5, 0.6) is 0 Å². The lowest BCUT2D eigenvalue weighted by atomic mass is 10.1. The molecule has 1 aromatic rings. The van der Waals surface area contributed by atoms with E-state index in [4.69, 9.17) is 10.5 Å². The lowest BCUT2D eigenvalue weighted by Crippen LogP contribution is -2.36. The average Bonchev–Trinajstić information content (AvgIpc) is 2.39. The van der Waals surface area contributed by atoms with E-state index in [1.807, 2.05) is 6.07 Å². The summed E-state index contributed by atoms with van der Waals surface area (Å²) in [5, 5.41) is 0. The Labute approximate surface area is 105 Å². The molecule has 1 rings (SSSR count). The van der Waals surface area contributed by atoms with E-state index in [1.54, 1.807) is 7.11 Å². The number of rotatable bonds is 7. The monoisotopic (exact) mass is 236 g/mol. The van der Waals surface area contributed by atoms with Gasteiger partial charge in [0.1, 0.15) is 0 Å². The van der Waals surface area contributed by atoms with Gasteiger partial charge >= 0.3 is 0 Å². The van der Waals surface area contributed by atoms with Crippen LogP contribution in [0.3, 0.4) is 0 Å². The summed E-state index contributed by atoms with van der Waals surface area (Å²) in [5.41, 5.74) is 8.24. The predicted molar refractivity (Wildman–Crippen MR) is 73.3 cm³/mol. The molecule has 0 radical (unpaired) electrons. The Kier molecular flexibility index (Phi) is 6.01. The molecule has 3 heteroatoms. The molecule has 17 heavy (non-hydrogen) atoms. The standard InChI is InChI=1S/C14H24N2O/c1-4-12(2)16(9-10-17-3)14-8-6-5-7-13(14)11-15/h5-8,12H,4,9-11,15H2,1-3H3. The fourth-order valence-corrected chi connectivity index (χ4v) is 1.95. The smallest absolute Gasteiger partial charge is 0.0637 e. The molecule has 1 aromatic carbocycles. The predicted octanol–water partition coefficient (Wildman–Crippen LogP) is 2.40. The third kappa shape index (κ3) is 3.72. The van der Waals surface area contributed by atoms with E-state index in [0.717, 1.165) is 19.6 Å². The third-order valence-electron chi connectivity index (χ3n) is 3.18. The number of hydrogen-bond acceptors (Lipinski definition) is 3. The molecule has 0 saturated carbocycles. The first-order chi connectivity index (χ1) is 8.24. The van der Waals surface area contributed by atoms with Crippen molar-refractivity contribution in [3.63, 3.8) is 0 Å². The molecule has 96 valence electrons. The topological polar surface area (TPSA) is 38.5 Å². The highest BCUT2D eigenvalue weighted by Crippen LogP contribution is 2.23. The minimum atomic E-state index is 0.498. The first kappa shape index (κ1) is 14.0. The molecule has 0 bridgehead atoms.